The smallest absolute Gasteiger partial charge is 0.243 e. The van der Waals surface area contributed by atoms with E-state index >= 15 is 0 Å². The van der Waals surface area contributed by atoms with E-state index in [1.807, 2.05) is 10.7 Å². The fraction of sp³-hybridized carbons (Fsp3) is 0.381. The average molecular weight is 384 g/mol. The van der Waals surface area contributed by atoms with E-state index in [1.54, 1.807) is 12.4 Å². The topological polar surface area (TPSA) is 50.5 Å². The Balaban J connectivity index is 1.35. The highest BCUT2D eigenvalue weighted by Gasteiger charge is 2.29. The number of aromatic nitrogens is 2. The number of benzene rings is 1. The Hall–Kier alpha value is -2.83. The van der Waals surface area contributed by atoms with Crippen molar-refractivity contribution in [1.29, 1.82) is 0 Å². The van der Waals surface area contributed by atoms with E-state index in [9.17, 15) is 13.6 Å². The summed E-state index contributed by atoms with van der Waals surface area (Å²) in [5, 5.41) is 9.80. The third-order valence-electron chi connectivity index (χ3n) is 5.17. The quantitative estimate of drug-likeness (QED) is 0.667. The Labute approximate surface area is 162 Å². The monoisotopic (exact) mass is 384 g/mol. The molecule has 1 unspecified atom stereocenters. The predicted molar refractivity (Wildman–Crippen MR) is 102 cm³/mol. The molecule has 2 heterocycles. The highest BCUT2D eigenvalue weighted by molar-refractivity contribution is 5.80. The molecule has 7 heteroatoms. The summed E-state index contributed by atoms with van der Waals surface area (Å²) in [6.45, 7) is 4.67. The van der Waals surface area contributed by atoms with E-state index in [2.05, 4.69) is 16.8 Å². The molecule has 1 aliphatic heterocycles. The summed E-state index contributed by atoms with van der Waals surface area (Å²) in [6.07, 6.45) is 6.99. The van der Waals surface area contributed by atoms with Crippen molar-refractivity contribution in [2.75, 3.05) is 0 Å². The molecule has 0 bridgehead atoms. The second-order valence-corrected chi connectivity index (χ2v) is 7.43. The maximum Gasteiger partial charge on any atom is 0.243 e. The van der Waals surface area contributed by atoms with Gasteiger partial charge >= 0.3 is 0 Å². The van der Waals surface area contributed by atoms with Crippen LogP contribution in [0, 0.1) is 11.6 Å². The normalized spacial score (nSPS) is 18.6. The van der Waals surface area contributed by atoms with Gasteiger partial charge in [-0.15, -0.1) is 0 Å². The van der Waals surface area contributed by atoms with Crippen LogP contribution in [0.15, 0.2) is 47.7 Å². The highest BCUT2D eigenvalue weighted by Crippen LogP contribution is 2.40. The maximum atomic E-state index is 13.5. The number of hydrogen-bond acceptors (Lipinski definition) is 3. The highest BCUT2D eigenvalue weighted by atomic mass is 19.1. The lowest BCUT2D eigenvalue weighted by Gasteiger charge is -2.22. The first-order valence-corrected chi connectivity index (χ1v) is 9.50. The zero-order valence-corrected chi connectivity index (χ0v) is 15.5. The average Bonchev–Trinajstić information content (AvgIpc) is 3.18. The minimum Gasteiger partial charge on any atom is -0.273 e. The third kappa shape index (κ3) is 4.03. The molecule has 2 aliphatic rings. The molecule has 4 rings (SSSR count). The Morgan fingerprint density at radius 3 is 2.64 bits per heavy atom. The minimum atomic E-state index is -0.659. The number of rotatable bonds is 7. The van der Waals surface area contributed by atoms with Crippen LogP contribution < -0.4 is 0 Å². The molecule has 28 heavy (non-hydrogen) atoms. The van der Waals surface area contributed by atoms with Crippen molar-refractivity contribution in [1.82, 2.24) is 14.8 Å². The zero-order valence-electron chi connectivity index (χ0n) is 15.5. The summed E-state index contributed by atoms with van der Waals surface area (Å²) in [6, 6.07) is 4.88. The molecule has 1 fully saturated rings. The van der Waals surface area contributed by atoms with Crippen LogP contribution in [-0.2, 0) is 11.3 Å². The number of hydrogen-bond donors (Lipinski definition) is 0. The van der Waals surface area contributed by atoms with Crippen molar-refractivity contribution in [2.24, 2.45) is 5.10 Å². The first kappa shape index (κ1) is 18.5. The van der Waals surface area contributed by atoms with Gasteiger partial charge in [0.15, 0.2) is 0 Å². The zero-order chi connectivity index (χ0) is 19.7. The van der Waals surface area contributed by atoms with Gasteiger partial charge in [-0.2, -0.15) is 10.2 Å². The summed E-state index contributed by atoms with van der Waals surface area (Å²) in [5.74, 6) is -0.905. The number of carbonyl (C=O) groups is 1. The molecule has 0 spiro atoms. The number of amides is 1. The van der Waals surface area contributed by atoms with Gasteiger partial charge in [0, 0.05) is 42.9 Å². The second-order valence-electron chi connectivity index (χ2n) is 7.43. The molecule has 1 amide bonds. The SMILES string of the molecule is C=C(CCC(=O)N1N=CCC1c1cc(F)cc(F)c1)Cn1nccc1C1CC1. The van der Waals surface area contributed by atoms with Gasteiger partial charge in [-0.1, -0.05) is 12.2 Å². The van der Waals surface area contributed by atoms with E-state index in [0.717, 1.165) is 11.6 Å². The molecular formula is C21H22F2N4O. The van der Waals surface area contributed by atoms with E-state index in [-0.39, 0.29) is 12.3 Å². The predicted octanol–water partition coefficient (Wildman–Crippen LogP) is 4.33. The van der Waals surface area contributed by atoms with Crippen molar-refractivity contribution in [3.63, 3.8) is 0 Å². The summed E-state index contributed by atoms with van der Waals surface area (Å²) < 4.78 is 29.0. The van der Waals surface area contributed by atoms with Crippen LogP contribution in [0.2, 0.25) is 0 Å². The summed E-state index contributed by atoms with van der Waals surface area (Å²) in [5.41, 5.74) is 2.55. The van der Waals surface area contributed by atoms with Crippen LogP contribution >= 0.6 is 0 Å². The molecule has 1 saturated carbocycles. The molecule has 5 nitrogen and oxygen atoms in total. The fourth-order valence-corrected chi connectivity index (χ4v) is 3.59. The van der Waals surface area contributed by atoms with Gasteiger partial charge in [-0.05, 0) is 43.0 Å². The lowest BCUT2D eigenvalue weighted by molar-refractivity contribution is -0.133. The number of nitrogens with zero attached hydrogens (tertiary/aromatic N) is 4. The lowest BCUT2D eigenvalue weighted by atomic mass is 10.0. The first-order valence-electron chi connectivity index (χ1n) is 9.50. The van der Waals surface area contributed by atoms with Crippen molar-refractivity contribution in [3.05, 3.63) is 65.5 Å². The molecule has 1 atom stereocenters. The van der Waals surface area contributed by atoms with Crippen LogP contribution in [0.3, 0.4) is 0 Å². The van der Waals surface area contributed by atoms with Crippen LogP contribution in [0.25, 0.3) is 0 Å². The number of hydrazone groups is 1. The van der Waals surface area contributed by atoms with E-state index in [4.69, 9.17) is 0 Å². The molecule has 2 aromatic rings. The Morgan fingerprint density at radius 2 is 1.93 bits per heavy atom. The van der Waals surface area contributed by atoms with E-state index in [0.29, 0.717) is 30.9 Å². The standard InChI is InChI=1S/C21H22F2N4O/c1-14(13-26-19(6-8-24-26)15-3-4-15)2-5-21(28)27-20(7-9-25-27)16-10-17(22)12-18(23)11-16/h6,8-12,15,20H,1-5,7,13H2. The summed E-state index contributed by atoms with van der Waals surface area (Å²) in [7, 11) is 0. The van der Waals surface area contributed by atoms with Crippen molar-refractivity contribution < 1.29 is 13.6 Å². The van der Waals surface area contributed by atoms with Crippen LogP contribution in [-0.4, -0.2) is 26.9 Å². The van der Waals surface area contributed by atoms with Gasteiger partial charge in [-0.25, -0.2) is 13.8 Å². The van der Waals surface area contributed by atoms with Gasteiger partial charge < -0.3 is 0 Å². The van der Waals surface area contributed by atoms with Crippen molar-refractivity contribution >= 4 is 12.1 Å². The number of halogens is 2. The lowest BCUT2D eigenvalue weighted by Crippen LogP contribution is -2.27. The first-order chi connectivity index (χ1) is 13.5. The molecule has 0 N–H and O–H groups in total. The molecule has 0 radical (unpaired) electrons. The van der Waals surface area contributed by atoms with Gasteiger partial charge in [0.2, 0.25) is 5.91 Å². The Morgan fingerprint density at radius 1 is 1.18 bits per heavy atom. The largest absolute Gasteiger partial charge is 0.273 e. The second kappa shape index (κ2) is 7.66. The Bertz CT molecular complexity index is 912. The number of carbonyl (C=O) groups excluding carboxylic acids is 1. The van der Waals surface area contributed by atoms with Gasteiger partial charge in [0.25, 0.3) is 0 Å². The van der Waals surface area contributed by atoms with Gasteiger partial charge in [-0.3, -0.25) is 9.48 Å². The minimum absolute atomic E-state index is 0.188. The fourth-order valence-electron chi connectivity index (χ4n) is 3.59. The third-order valence-corrected chi connectivity index (χ3v) is 5.17. The molecular weight excluding hydrogens is 362 g/mol. The van der Waals surface area contributed by atoms with Crippen molar-refractivity contribution in [2.45, 2.75) is 50.6 Å². The van der Waals surface area contributed by atoms with Crippen LogP contribution in [0.1, 0.15) is 55.3 Å². The molecule has 0 saturated heterocycles. The number of allylic oxidation sites excluding steroid dienone is 1. The Kier molecular flexibility index (Phi) is 5.07. The van der Waals surface area contributed by atoms with Crippen molar-refractivity contribution in [3.8, 4) is 0 Å². The van der Waals surface area contributed by atoms with Crippen LogP contribution in [0.5, 0.6) is 0 Å². The van der Waals surface area contributed by atoms with Crippen LogP contribution in [0.4, 0.5) is 8.78 Å². The van der Waals surface area contributed by atoms with E-state index < -0.39 is 17.7 Å². The molecule has 146 valence electrons. The molecule has 1 aromatic heterocycles. The van der Waals surface area contributed by atoms with E-state index in [1.165, 1.54) is 35.7 Å². The summed E-state index contributed by atoms with van der Waals surface area (Å²) in [4.78, 5) is 12.7. The molecule has 1 aliphatic carbocycles. The van der Waals surface area contributed by atoms with Gasteiger partial charge in [0.05, 0.1) is 12.6 Å². The maximum absolute atomic E-state index is 13.5. The molecule has 1 aromatic carbocycles. The van der Waals surface area contributed by atoms with Gasteiger partial charge in [0.1, 0.15) is 11.6 Å². The summed E-state index contributed by atoms with van der Waals surface area (Å²) >= 11 is 0.